The zero-order valence-corrected chi connectivity index (χ0v) is 12.3. The molecule has 0 aromatic rings. The van der Waals surface area contributed by atoms with Crippen molar-refractivity contribution in [3.05, 3.63) is 0 Å². The lowest BCUT2D eigenvalue weighted by Gasteiger charge is -2.34. The molecule has 1 saturated heterocycles. The Hall–Kier alpha value is -1.18. The second-order valence-electron chi connectivity index (χ2n) is 5.19. The predicted molar refractivity (Wildman–Crippen MR) is 74.6 cm³/mol. The summed E-state index contributed by atoms with van der Waals surface area (Å²) in [6.45, 7) is 6.61. The van der Waals surface area contributed by atoms with Crippen LogP contribution in [-0.2, 0) is 14.3 Å². The third-order valence-electron chi connectivity index (χ3n) is 3.30. The Kier molecular flexibility index (Phi) is 7.50. The molecule has 7 heteroatoms. The van der Waals surface area contributed by atoms with Gasteiger partial charge in [-0.2, -0.15) is 0 Å². The van der Waals surface area contributed by atoms with Crippen molar-refractivity contribution in [1.29, 1.82) is 0 Å². The van der Waals surface area contributed by atoms with Crippen LogP contribution in [0.1, 0.15) is 13.3 Å². The van der Waals surface area contributed by atoms with E-state index in [0.717, 1.165) is 26.2 Å². The van der Waals surface area contributed by atoms with Gasteiger partial charge in [0.25, 0.3) is 0 Å². The van der Waals surface area contributed by atoms with Gasteiger partial charge in [0.2, 0.25) is 5.91 Å². The molecular formula is C13H25N3O4. The molecule has 2 N–H and O–H groups in total. The van der Waals surface area contributed by atoms with Crippen LogP contribution in [0.4, 0.5) is 0 Å². The zero-order chi connectivity index (χ0) is 15.0. The summed E-state index contributed by atoms with van der Waals surface area (Å²) in [7, 11) is 1.61. The number of hydrogen-bond acceptors (Lipinski definition) is 5. The number of nitrogens with one attached hydrogen (secondary N) is 1. The molecule has 1 aliphatic rings. The van der Waals surface area contributed by atoms with Crippen molar-refractivity contribution >= 4 is 11.9 Å². The predicted octanol–water partition coefficient (Wildman–Crippen LogP) is -0.770. The fraction of sp³-hybridized carbons (Fsp3) is 0.846. The van der Waals surface area contributed by atoms with E-state index < -0.39 is 5.97 Å². The van der Waals surface area contributed by atoms with E-state index in [1.807, 2.05) is 6.92 Å². The standard InChI is InChI=1S/C13H25N3O4/c1-11(10-20-2)14-12(17)9-16-7-5-15(6-8-16)4-3-13(18)19/h11H,3-10H2,1-2H3,(H,14,17)(H,18,19). The van der Waals surface area contributed by atoms with E-state index in [9.17, 15) is 9.59 Å². The largest absolute Gasteiger partial charge is 0.481 e. The van der Waals surface area contributed by atoms with Gasteiger partial charge in [0, 0.05) is 45.9 Å². The number of carboxylic acids is 1. The first-order chi connectivity index (χ1) is 9.51. The van der Waals surface area contributed by atoms with Crippen molar-refractivity contribution in [2.24, 2.45) is 0 Å². The summed E-state index contributed by atoms with van der Waals surface area (Å²) in [5.74, 6) is -0.757. The maximum absolute atomic E-state index is 11.8. The summed E-state index contributed by atoms with van der Waals surface area (Å²) in [6.07, 6.45) is 0.176. The number of carbonyl (C=O) groups excluding carboxylic acids is 1. The number of nitrogens with zero attached hydrogens (tertiary/aromatic N) is 2. The van der Waals surface area contributed by atoms with Gasteiger partial charge < -0.3 is 20.1 Å². The van der Waals surface area contributed by atoms with Crippen LogP contribution < -0.4 is 5.32 Å². The minimum Gasteiger partial charge on any atom is -0.481 e. The Morgan fingerprint density at radius 2 is 1.85 bits per heavy atom. The Morgan fingerprint density at radius 3 is 2.40 bits per heavy atom. The van der Waals surface area contributed by atoms with Gasteiger partial charge in [-0.25, -0.2) is 0 Å². The number of ether oxygens (including phenoxy) is 1. The molecular weight excluding hydrogens is 262 g/mol. The fourth-order valence-electron chi connectivity index (χ4n) is 2.24. The SMILES string of the molecule is COCC(C)NC(=O)CN1CCN(CCC(=O)O)CC1. The molecule has 116 valence electrons. The van der Waals surface area contributed by atoms with Crippen molar-refractivity contribution in [1.82, 2.24) is 15.1 Å². The third-order valence-corrected chi connectivity index (χ3v) is 3.30. The van der Waals surface area contributed by atoms with E-state index in [1.54, 1.807) is 7.11 Å². The molecule has 7 nitrogen and oxygen atoms in total. The van der Waals surface area contributed by atoms with Gasteiger partial charge in [0.15, 0.2) is 0 Å². The maximum Gasteiger partial charge on any atom is 0.304 e. The summed E-state index contributed by atoms with van der Waals surface area (Å²) in [5, 5.41) is 11.5. The maximum atomic E-state index is 11.8. The Morgan fingerprint density at radius 1 is 1.25 bits per heavy atom. The van der Waals surface area contributed by atoms with Crippen LogP contribution in [0.5, 0.6) is 0 Å². The highest BCUT2D eigenvalue weighted by atomic mass is 16.5. The number of piperazine rings is 1. The lowest BCUT2D eigenvalue weighted by Crippen LogP contribution is -2.50. The lowest BCUT2D eigenvalue weighted by atomic mass is 10.2. The number of hydrogen-bond donors (Lipinski definition) is 2. The van der Waals surface area contributed by atoms with Gasteiger partial charge in [0.1, 0.15) is 0 Å². The average molecular weight is 287 g/mol. The van der Waals surface area contributed by atoms with Crippen molar-refractivity contribution in [2.45, 2.75) is 19.4 Å². The second-order valence-corrected chi connectivity index (χ2v) is 5.19. The Bertz CT molecular complexity index is 317. The summed E-state index contributed by atoms with van der Waals surface area (Å²) in [6, 6.07) is 0.0179. The molecule has 0 bridgehead atoms. The van der Waals surface area contributed by atoms with E-state index in [2.05, 4.69) is 15.1 Å². The third kappa shape index (κ3) is 6.83. The molecule has 0 aliphatic carbocycles. The van der Waals surface area contributed by atoms with E-state index in [4.69, 9.17) is 9.84 Å². The Balaban J connectivity index is 2.18. The normalized spacial score (nSPS) is 18.7. The number of rotatable bonds is 8. The lowest BCUT2D eigenvalue weighted by molar-refractivity contribution is -0.137. The van der Waals surface area contributed by atoms with Gasteiger partial charge >= 0.3 is 5.97 Å². The van der Waals surface area contributed by atoms with Crippen LogP contribution in [0.25, 0.3) is 0 Å². The second kappa shape index (κ2) is 8.89. The first-order valence-electron chi connectivity index (χ1n) is 6.96. The summed E-state index contributed by atoms with van der Waals surface area (Å²) in [5.41, 5.74) is 0. The molecule has 0 saturated carbocycles. The van der Waals surface area contributed by atoms with Gasteiger partial charge in [0.05, 0.1) is 19.6 Å². The smallest absolute Gasteiger partial charge is 0.304 e. The monoisotopic (exact) mass is 287 g/mol. The average Bonchev–Trinajstić information content (AvgIpc) is 2.37. The number of carboxylic acid groups (broad SMARTS) is 1. The van der Waals surface area contributed by atoms with Gasteiger partial charge in [-0.1, -0.05) is 0 Å². The Labute approximate surface area is 119 Å². The van der Waals surface area contributed by atoms with Crippen LogP contribution in [0.15, 0.2) is 0 Å². The molecule has 0 aromatic heterocycles. The van der Waals surface area contributed by atoms with E-state index >= 15 is 0 Å². The van der Waals surface area contributed by atoms with E-state index in [0.29, 0.717) is 19.7 Å². The van der Waals surface area contributed by atoms with E-state index in [-0.39, 0.29) is 18.4 Å². The van der Waals surface area contributed by atoms with E-state index in [1.165, 1.54) is 0 Å². The molecule has 1 amide bonds. The van der Waals surface area contributed by atoms with Crippen LogP contribution >= 0.6 is 0 Å². The van der Waals surface area contributed by atoms with Gasteiger partial charge in [-0.3, -0.25) is 14.5 Å². The van der Waals surface area contributed by atoms with Crippen molar-refractivity contribution in [3.8, 4) is 0 Å². The minimum absolute atomic E-state index is 0.00790. The molecule has 0 spiro atoms. The summed E-state index contributed by atoms with van der Waals surface area (Å²) < 4.78 is 4.97. The van der Waals surface area contributed by atoms with Crippen LogP contribution in [0, 0.1) is 0 Å². The first-order valence-corrected chi connectivity index (χ1v) is 6.96. The number of aliphatic carboxylic acids is 1. The summed E-state index contributed by atoms with van der Waals surface area (Å²) in [4.78, 5) is 26.5. The fourth-order valence-corrected chi connectivity index (χ4v) is 2.24. The molecule has 1 unspecified atom stereocenters. The first kappa shape index (κ1) is 16.9. The van der Waals surface area contributed by atoms with Crippen LogP contribution in [-0.4, -0.2) is 85.8 Å². The minimum atomic E-state index is -0.765. The quantitative estimate of drug-likeness (QED) is 0.610. The topological polar surface area (TPSA) is 82.1 Å². The molecule has 1 heterocycles. The highest BCUT2D eigenvalue weighted by molar-refractivity contribution is 5.78. The number of methoxy groups -OCH3 is 1. The molecule has 0 radical (unpaired) electrons. The van der Waals surface area contributed by atoms with Crippen molar-refractivity contribution < 1.29 is 19.4 Å². The van der Waals surface area contributed by atoms with Crippen molar-refractivity contribution in [3.63, 3.8) is 0 Å². The molecule has 1 rings (SSSR count). The molecule has 0 aromatic carbocycles. The molecule has 1 fully saturated rings. The number of amides is 1. The van der Waals surface area contributed by atoms with Gasteiger partial charge in [-0.15, -0.1) is 0 Å². The molecule has 1 aliphatic heterocycles. The van der Waals surface area contributed by atoms with Crippen LogP contribution in [0.3, 0.4) is 0 Å². The van der Waals surface area contributed by atoms with Gasteiger partial charge in [-0.05, 0) is 6.92 Å². The highest BCUT2D eigenvalue weighted by Crippen LogP contribution is 2.02. The highest BCUT2D eigenvalue weighted by Gasteiger charge is 2.19. The van der Waals surface area contributed by atoms with Crippen molar-refractivity contribution in [2.75, 3.05) is 53.0 Å². The number of carbonyl (C=O) groups is 2. The molecule has 1 atom stereocenters. The summed E-state index contributed by atoms with van der Waals surface area (Å²) >= 11 is 0. The zero-order valence-electron chi connectivity index (χ0n) is 12.3. The van der Waals surface area contributed by atoms with Crippen LogP contribution in [0.2, 0.25) is 0 Å². The molecule has 20 heavy (non-hydrogen) atoms.